The molecule has 2 heterocycles. The largest absolute Gasteiger partial charge is 0.497 e. The first-order chi connectivity index (χ1) is 14.7. The van der Waals surface area contributed by atoms with E-state index in [2.05, 4.69) is 15.3 Å². The molecule has 0 radical (unpaired) electrons. The van der Waals surface area contributed by atoms with Crippen LogP contribution in [0.15, 0.2) is 76.4 Å². The van der Waals surface area contributed by atoms with Crippen molar-refractivity contribution in [2.24, 2.45) is 0 Å². The molecule has 0 unspecified atom stereocenters. The van der Waals surface area contributed by atoms with Gasteiger partial charge in [0.2, 0.25) is 5.91 Å². The molecule has 2 aromatic heterocycles. The standard InChI is InChI=1S/C23H21N3O3S/c1-28-17-10-8-16(9-11-17)12-13-24-21(27)15-30-23-18-5-2-3-6-19(18)25-22(26-23)20-7-4-14-29-20/h2-11,14H,12-13,15H2,1H3,(H,24,27). The van der Waals surface area contributed by atoms with Gasteiger partial charge in [-0.15, -0.1) is 0 Å². The summed E-state index contributed by atoms with van der Waals surface area (Å²) in [5.41, 5.74) is 1.97. The number of rotatable bonds is 8. The summed E-state index contributed by atoms with van der Waals surface area (Å²) in [6.45, 7) is 0.577. The number of aromatic nitrogens is 2. The minimum Gasteiger partial charge on any atom is -0.497 e. The first-order valence-electron chi connectivity index (χ1n) is 9.56. The highest BCUT2D eigenvalue weighted by Gasteiger charge is 2.13. The molecule has 0 atom stereocenters. The van der Waals surface area contributed by atoms with Crippen molar-refractivity contribution in [3.63, 3.8) is 0 Å². The first-order valence-corrected chi connectivity index (χ1v) is 10.5. The molecule has 0 aliphatic rings. The SMILES string of the molecule is COc1ccc(CCNC(=O)CSc2nc(-c3ccco3)nc3ccccc23)cc1. The second-order valence-electron chi connectivity index (χ2n) is 6.58. The number of benzene rings is 2. The molecule has 2 aromatic carbocycles. The molecule has 1 N–H and O–H groups in total. The van der Waals surface area contributed by atoms with Crippen molar-refractivity contribution in [2.75, 3.05) is 19.4 Å². The lowest BCUT2D eigenvalue weighted by molar-refractivity contribution is -0.118. The second kappa shape index (κ2) is 9.45. The minimum absolute atomic E-state index is 0.0317. The first kappa shape index (κ1) is 20.0. The van der Waals surface area contributed by atoms with Gasteiger partial charge in [-0.25, -0.2) is 9.97 Å². The quantitative estimate of drug-likeness (QED) is 0.338. The van der Waals surface area contributed by atoms with Crippen LogP contribution in [-0.4, -0.2) is 35.3 Å². The zero-order valence-corrected chi connectivity index (χ0v) is 17.3. The van der Waals surface area contributed by atoms with E-state index >= 15 is 0 Å². The number of hydrogen-bond donors (Lipinski definition) is 1. The minimum atomic E-state index is -0.0317. The fourth-order valence-electron chi connectivity index (χ4n) is 3.00. The normalized spacial score (nSPS) is 10.8. The van der Waals surface area contributed by atoms with Crippen LogP contribution in [0.2, 0.25) is 0 Å². The third kappa shape index (κ3) is 4.80. The Morgan fingerprint density at radius 2 is 1.90 bits per heavy atom. The molecule has 0 saturated carbocycles. The molecule has 0 saturated heterocycles. The summed E-state index contributed by atoms with van der Waals surface area (Å²) in [6.07, 6.45) is 2.36. The monoisotopic (exact) mass is 419 g/mol. The number of amides is 1. The Kier molecular flexibility index (Phi) is 6.29. The van der Waals surface area contributed by atoms with E-state index in [1.165, 1.54) is 11.8 Å². The molecule has 7 heteroatoms. The van der Waals surface area contributed by atoms with Gasteiger partial charge in [-0.3, -0.25) is 4.79 Å². The summed E-state index contributed by atoms with van der Waals surface area (Å²) in [4.78, 5) is 21.5. The smallest absolute Gasteiger partial charge is 0.230 e. The zero-order valence-electron chi connectivity index (χ0n) is 16.5. The Labute approximate surface area is 178 Å². The number of thioether (sulfide) groups is 1. The Morgan fingerprint density at radius 1 is 1.07 bits per heavy atom. The Hall–Kier alpha value is -3.32. The molecule has 4 rings (SSSR count). The van der Waals surface area contributed by atoms with Crippen molar-refractivity contribution in [2.45, 2.75) is 11.4 Å². The number of methoxy groups -OCH3 is 1. The average molecular weight is 420 g/mol. The lowest BCUT2D eigenvalue weighted by atomic mass is 10.1. The summed E-state index contributed by atoms with van der Waals surface area (Å²) >= 11 is 1.40. The number of carbonyl (C=O) groups excluding carboxylic acids is 1. The Bertz CT molecular complexity index is 1130. The summed E-state index contributed by atoms with van der Waals surface area (Å²) in [5.74, 6) is 2.19. The number of furan rings is 1. The van der Waals surface area contributed by atoms with E-state index in [-0.39, 0.29) is 11.7 Å². The van der Waals surface area contributed by atoms with Gasteiger partial charge in [0, 0.05) is 11.9 Å². The number of carbonyl (C=O) groups is 1. The van der Waals surface area contributed by atoms with Gasteiger partial charge in [0.15, 0.2) is 11.6 Å². The molecule has 0 aliphatic carbocycles. The maximum absolute atomic E-state index is 12.3. The molecule has 0 spiro atoms. The number of nitrogens with zero attached hydrogens (tertiary/aromatic N) is 2. The van der Waals surface area contributed by atoms with Gasteiger partial charge in [0.25, 0.3) is 0 Å². The summed E-state index contributed by atoms with van der Waals surface area (Å²) in [6, 6.07) is 19.2. The third-order valence-corrected chi connectivity index (χ3v) is 5.54. The highest BCUT2D eigenvalue weighted by atomic mass is 32.2. The second-order valence-corrected chi connectivity index (χ2v) is 7.55. The summed E-state index contributed by atoms with van der Waals surface area (Å²) in [5, 5.41) is 4.65. The van der Waals surface area contributed by atoms with Crippen LogP contribution in [0, 0.1) is 0 Å². The van der Waals surface area contributed by atoms with Crippen molar-refractivity contribution < 1.29 is 13.9 Å². The summed E-state index contributed by atoms with van der Waals surface area (Å²) < 4.78 is 10.6. The lowest BCUT2D eigenvalue weighted by Crippen LogP contribution is -2.27. The number of ether oxygens (including phenoxy) is 1. The number of fused-ring (bicyclic) bond motifs is 1. The fourth-order valence-corrected chi connectivity index (χ4v) is 3.85. The van der Waals surface area contributed by atoms with E-state index in [9.17, 15) is 4.79 Å². The van der Waals surface area contributed by atoms with Gasteiger partial charge in [-0.1, -0.05) is 42.1 Å². The van der Waals surface area contributed by atoms with Crippen LogP contribution in [0.25, 0.3) is 22.5 Å². The lowest BCUT2D eigenvalue weighted by Gasteiger charge is -2.08. The summed E-state index contributed by atoms with van der Waals surface area (Å²) in [7, 11) is 1.64. The molecule has 152 valence electrons. The fraction of sp³-hybridized carbons (Fsp3) is 0.174. The predicted octanol–water partition coefficient (Wildman–Crippen LogP) is 4.35. The average Bonchev–Trinajstić information content (AvgIpc) is 3.33. The zero-order chi connectivity index (χ0) is 20.8. The molecule has 30 heavy (non-hydrogen) atoms. The Morgan fingerprint density at radius 3 is 2.67 bits per heavy atom. The van der Waals surface area contributed by atoms with E-state index in [0.717, 1.165) is 33.7 Å². The van der Waals surface area contributed by atoms with Gasteiger partial charge < -0.3 is 14.5 Å². The molecule has 0 fully saturated rings. The highest BCUT2D eigenvalue weighted by molar-refractivity contribution is 8.00. The third-order valence-electron chi connectivity index (χ3n) is 4.54. The van der Waals surface area contributed by atoms with E-state index < -0.39 is 0 Å². The number of nitrogens with one attached hydrogen (secondary N) is 1. The Balaban J connectivity index is 1.38. The molecule has 0 bridgehead atoms. The van der Waals surface area contributed by atoms with Crippen molar-refractivity contribution >= 4 is 28.6 Å². The van der Waals surface area contributed by atoms with Gasteiger partial charge in [-0.05, 0) is 42.3 Å². The van der Waals surface area contributed by atoms with Crippen LogP contribution in [0.3, 0.4) is 0 Å². The molecular weight excluding hydrogens is 398 g/mol. The van der Waals surface area contributed by atoms with Gasteiger partial charge in [0.05, 0.1) is 24.6 Å². The van der Waals surface area contributed by atoms with E-state index in [1.807, 2.05) is 54.6 Å². The van der Waals surface area contributed by atoms with Crippen molar-refractivity contribution in [3.8, 4) is 17.3 Å². The van der Waals surface area contributed by atoms with Crippen molar-refractivity contribution in [1.82, 2.24) is 15.3 Å². The van der Waals surface area contributed by atoms with Crippen LogP contribution in [-0.2, 0) is 11.2 Å². The highest BCUT2D eigenvalue weighted by Crippen LogP contribution is 2.28. The molecular formula is C23H21N3O3S. The van der Waals surface area contributed by atoms with E-state index in [4.69, 9.17) is 9.15 Å². The van der Waals surface area contributed by atoms with Crippen molar-refractivity contribution in [1.29, 1.82) is 0 Å². The molecule has 6 nitrogen and oxygen atoms in total. The van der Waals surface area contributed by atoms with Crippen LogP contribution >= 0.6 is 11.8 Å². The molecule has 1 amide bonds. The van der Waals surface area contributed by atoms with Crippen LogP contribution < -0.4 is 10.1 Å². The van der Waals surface area contributed by atoms with Gasteiger partial charge >= 0.3 is 0 Å². The molecule has 4 aromatic rings. The number of hydrogen-bond acceptors (Lipinski definition) is 6. The topological polar surface area (TPSA) is 77.2 Å². The van der Waals surface area contributed by atoms with Crippen LogP contribution in [0.4, 0.5) is 0 Å². The van der Waals surface area contributed by atoms with Gasteiger partial charge in [-0.2, -0.15) is 0 Å². The maximum atomic E-state index is 12.3. The number of para-hydroxylation sites is 1. The van der Waals surface area contributed by atoms with Crippen LogP contribution in [0.1, 0.15) is 5.56 Å². The van der Waals surface area contributed by atoms with Crippen LogP contribution in [0.5, 0.6) is 5.75 Å². The molecule has 0 aliphatic heterocycles. The maximum Gasteiger partial charge on any atom is 0.230 e. The van der Waals surface area contributed by atoms with Crippen molar-refractivity contribution in [3.05, 3.63) is 72.5 Å². The van der Waals surface area contributed by atoms with Gasteiger partial charge in [0.1, 0.15) is 10.8 Å². The predicted molar refractivity (Wildman–Crippen MR) is 118 cm³/mol. The van der Waals surface area contributed by atoms with E-state index in [1.54, 1.807) is 19.4 Å². The van der Waals surface area contributed by atoms with E-state index in [0.29, 0.717) is 18.1 Å².